The summed E-state index contributed by atoms with van der Waals surface area (Å²) in [6, 6.07) is 53.8. The van der Waals surface area contributed by atoms with Crippen molar-refractivity contribution in [1.82, 2.24) is 13.7 Å². The highest BCUT2D eigenvalue weighted by Gasteiger charge is 2.21. The van der Waals surface area contributed by atoms with E-state index in [2.05, 4.69) is 180 Å². The van der Waals surface area contributed by atoms with Crippen LogP contribution in [0.3, 0.4) is 0 Å². The number of para-hydroxylation sites is 2. The smallest absolute Gasteiger partial charge is 0.0562 e. The zero-order valence-corrected chi connectivity index (χ0v) is 27.2. The molecular weight excluding hydrogens is 583 g/mol. The molecule has 0 saturated heterocycles. The molecule has 10 rings (SSSR count). The molecular formula is C45H33N3. The van der Waals surface area contributed by atoms with Crippen molar-refractivity contribution in [3.05, 3.63) is 162 Å². The van der Waals surface area contributed by atoms with Crippen LogP contribution >= 0.6 is 0 Å². The van der Waals surface area contributed by atoms with Gasteiger partial charge in [0.1, 0.15) is 0 Å². The maximum Gasteiger partial charge on any atom is 0.0562 e. The lowest BCUT2D eigenvalue weighted by Gasteiger charge is -2.12. The van der Waals surface area contributed by atoms with Gasteiger partial charge in [-0.2, -0.15) is 0 Å². The minimum Gasteiger partial charge on any atom is -0.309 e. The summed E-state index contributed by atoms with van der Waals surface area (Å²) in [5, 5.41) is 7.63. The number of fused-ring (bicyclic) bond motifs is 9. The Kier molecular flexibility index (Phi) is 5.63. The molecule has 48 heavy (non-hydrogen) atoms. The molecule has 0 unspecified atom stereocenters. The Morgan fingerprint density at radius 3 is 1.44 bits per heavy atom. The van der Waals surface area contributed by atoms with Crippen molar-refractivity contribution in [3.63, 3.8) is 0 Å². The van der Waals surface area contributed by atoms with Crippen LogP contribution in [0.2, 0.25) is 0 Å². The first-order valence-electron chi connectivity index (χ1n) is 16.7. The van der Waals surface area contributed by atoms with Gasteiger partial charge in [0.15, 0.2) is 0 Å². The van der Waals surface area contributed by atoms with E-state index in [0.29, 0.717) is 0 Å². The van der Waals surface area contributed by atoms with Crippen molar-refractivity contribution in [1.29, 1.82) is 0 Å². The molecule has 3 heteroatoms. The van der Waals surface area contributed by atoms with Gasteiger partial charge in [-0.25, -0.2) is 0 Å². The normalized spacial score (nSPS) is 12.1. The van der Waals surface area contributed by atoms with E-state index in [9.17, 15) is 0 Å². The molecule has 0 aliphatic rings. The van der Waals surface area contributed by atoms with Crippen molar-refractivity contribution in [2.24, 2.45) is 0 Å². The Bertz CT molecular complexity index is 2850. The number of aromatic nitrogens is 3. The first kappa shape index (κ1) is 27.1. The molecule has 0 fully saturated rings. The van der Waals surface area contributed by atoms with Gasteiger partial charge in [-0.1, -0.05) is 77.4 Å². The summed E-state index contributed by atoms with van der Waals surface area (Å²) in [6.45, 7) is 6.55. The van der Waals surface area contributed by atoms with Crippen LogP contribution in [0, 0.1) is 20.8 Å². The monoisotopic (exact) mass is 615 g/mol. The van der Waals surface area contributed by atoms with E-state index in [4.69, 9.17) is 0 Å². The van der Waals surface area contributed by atoms with Crippen molar-refractivity contribution in [2.45, 2.75) is 20.8 Å². The minimum atomic E-state index is 1.17. The van der Waals surface area contributed by atoms with Gasteiger partial charge >= 0.3 is 0 Å². The van der Waals surface area contributed by atoms with E-state index in [1.54, 1.807) is 0 Å². The average molecular weight is 616 g/mol. The van der Waals surface area contributed by atoms with Gasteiger partial charge in [-0.15, -0.1) is 0 Å². The van der Waals surface area contributed by atoms with E-state index < -0.39 is 0 Å². The van der Waals surface area contributed by atoms with Crippen LogP contribution in [0.1, 0.15) is 16.7 Å². The Hall–Kier alpha value is -6.06. The largest absolute Gasteiger partial charge is 0.309 e. The minimum absolute atomic E-state index is 1.17. The quantitative estimate of drug-likeness (QED) is 0.188. The Balaban J connectivity index is 1.30. The molecule has 0 atom stereocenters. The number of hydrogen-bond acceptors (Lipinski definition) is 0. The first-order valence-corrected chi connectivity index (χ1v) is 16.7. The topological polar surface area (TPSA) is 14.8 Å². The molecule has 0 saturated carbocycles. The zero-order chi connectivity index (χ0) is 32.1. The van der Waals surface area contributed by atoms with Gasteiger partial charge in [0.25, 0.3) is 0 Å². The predicted molar refractivity (Wildman–Crippen MR) is 204 cm³/mol. The molecule has 3 heterocycles. The molecule has 3 aromatic heterocycles. The van der Waals surface area contributed by atoms with Gasteiger partial charge in [0, 0.05) is 43.7 Å². The van der Waals surface area contributed by atoms with E-state index in [1.165, 1.54) is 99.2 Å². The lowest BCUT2D eigenvalue weighted by atomic mass is 10.1. The third kappa shape index (κ3) is 3.76. The number of aryl methyl sites for hydroxylation is 3. The van der Waals surface area contributed by atoms with Crippen molar-refractivity contribution in [2.75, 3.05) is 0 Å². The molecule has 0 radical (unpaired) electrons. The highest BCUT2D eigenvalue weighted by atomic mass is 15.0. The summed E-state index contributed by atoms with van der Waals surface area (Å²) in [4.78, 5) is 0. The lowest BCUT2D eigenvalue weighted by molar-refractivity contribution is 1.16. The summed E-state index contributed by atoms with van der Waals surface area (Å²) in [5.74, 6) is 0. The van der Waals surface area contributed by atoms with Gasteiger partial charge < -0.3 is 13.7 Å². The molecule has 3 nitrogen and oxygen atoms in total. The number of benzene rings is 7. The Morgan fingerprint density at radius 1 is 0.312 bits per heavy atom. The van der Waals surface area contributed by atoms with Crippen LogP contribution in [-0.2, 0) is 0 Å². The molecule has 0 aliphatic carbocycles. The van der Waals surface area contributed by atoms with Gasteiger partial charge in [0.05, 0.1) is 38.8 Å². The van der Waals surface area contributed by atoms with E-state index in [-0.39, 0.29) is 0 Å². The van der Waals surface area contributed by atoms with Gasteiger partial charge in [-0.05, 0) is 106 Å². The van der Waals surface area contributed by atoms with Gasteiger partial charge in [0.2, 0.25) is 0 Å². The van der Waals surface area contributed by atoms with E-state index >= 15 is 0 Å². The Morgan fingerprint density at radius 2 is 0.792 bits per heavy atom. The number of nitrogens with zero attached hydrogens (tertiary/aromatic N) is 3. The Labute approximate surface area is 278 Å². The zero-order valence-electron chi connectivity index (χ0n) is 27.2. The number of hydrogen-bond donors (Lipinski definition) is 0. The van der Waals surface area contributed by atoms with Crippen LogP contribution < -0.4 is 0 Å². The molecule has 7 aromatic carbocycles. The van der Waals surface area contributed by atoms with Crippen molar-refractivity contribution < 1.29 is 0 Å². The molecule has 0 spiro atoms. The maximum absolute atomic E-state index is 2.48. The first-order chi connectivity index (χ1) is 23.5. The summed E-state index contributed by atoms with van der Waals surface area (Å²) < 4.78 is 7.32. The molecule has 10 aromatic rings. The van der Waals surface area contributed by atoms with Crippen molar-refractivity contribution >= 4 is 65.4 Å². The van der Waals surface area contributed by atoms with E-state index in [0.717, 1.165) is 0 Å². The SMILES string of the molecule is Cc1ccc2c(c1)c1cc(C)ccc1n2-c1ccc2c(c1)c1cc(C)ccc1n2-c1cccc2c1c1ccccc1n2-c1ccccc1. The molecule has 0 N–H and O–H groups in total. The predicted octanol–water partition coefficient (Wildman–Crippen LogP) is 11.9. The van der Waals surface area contributed by atoms with Crippen LogP contribution in [0.25, 0.3) is 82.5 Å². The summed E-state index contributed by atoms with van der Waals surface area (Å²) in [7, 11) is 0. The van der Waals surface area contributed by atoms with Crippen LogP contribution in [0.4, 0.5) is 0 Å². The van der Waals surface area contributed by atoms with Crippen molar-refractivity contribution in [3.8, 4) is 17.1 Å². The fourth-order valence-electron chi connectivity index (χ4n) is 8.09. The van der Waals surface area contributed by atoms with Crippen LogP contribution in [-0.4, -0.2) is 13.7 Å². The van der Waals surface area contributed by atoms with Crippen LogP contribution in [0.15, 0.2) is 146 Å². The summed E-state index contributed by atoms with van der Waals surface area (Å²) in [5.41, 5.74) is 14.6. The number of rotatable bonds is 3. The van der Waals surface area contributed by atoms with Crippen LogP contribution in [0.5, 0.6) is 0 Å². The molecule has 0 amide bonds. The second kappa shape index (κ2) is 9.97. The fourth-order valence-corrected chi connectivity index (χ4v) is 8.09. The molecule has 0 bridgehead atoms. The van der Waals surface area contributed by atoms with Gasteiger partial charge in [-0.3, -0.25) is 0 Å². The molecule has 0 aliphatic heterocycles. The molecule has 228 valence electrons. The average Bonchev–Trinajstić information content (AvgIpc) is 3.73. The highest BCUT2D eigenvalue weighted by Crippen LogP contribution is 2.41. The lowest BCUT2D eigenvalue weighted by Crippen LogP contribution is -1.97. The highest BCUT2D eigenvalue weighted by molar-refractivity contribution is 6.17. The third-order valence-electron chi connectivity index (χ3n) is 10.2. The standard InChI is InChI=1S/C45H33N3/c1-28-16-20-39-34(24-28)35-25-29(2)17-21-40(35)47(39)32-19-23-42-37(27-32)36-26-30(3)18-22-41(36)48(42)44-15-9-14-43-45(44)33-12-7-8-13-38(33)46(43)31-10-5-4-6-11-31/h4-27H,1-3H3. The second-order valence-corrected chi connectivity index (χ2v) is 13.3. The summed E-state index contributed by atoms with van der Waals surface area (Å²) in [6.07, 6.45) is 0. The fraction of sp³-hybridized carbons (Fsp3) is 0.0667. The van der Waals surface area contributed by atoms with E-state index in [1.807, 2.05) is 0 Å². The third-order valence-corrected chi connectivity index (χ3v) is 10.2. The second-order valence-electron chi connectivity index (χ2n) is 13.3. The summed E-state index contributed by atoms with van der Waals surface area (Å²) >= 11 is 0. The maximum atomic E-state index is 2.48.